The van der Waals surface area contributed by atoms with Crippen molar-refractivity contribution >= 4 is 5.91 Å². The molecule has 1 saturated heterocycles. The van der Waals surface area contributed by atoms with Crippen LogP contribution in [-0.2, 0) is 9.53 Å². The van der Waals surface area contributed by atoms with E-state index in [0.29, 0.717) is 25.2 Å². The molecule has 1 rings (SSSR count). The van der Waals surface area contributed by atoms with Gasteiger partial charge in [-0.1, -0.05) is 34.6 Å². The Hall–Kier alpha value is -0.650. The SMILES string of the molecule is CC(C)NC1CCN(CCOCCNC(=O)C(C)(C)C)CC1. The van der Waals surface area contributed by atoms with Gasteiger partial charge in [0, 0.05) is 30.6 Å². The Balaban J connectivity index is 1.99. The minimum absolute atomic E-state index is 0.0795. The summed E-state index contributed by atoms with van der Waals surface area (Å²) in [6.45, 7) is 15.4. The van der Waals surface area contributed by atoms with Gasteiger partial charge in [0.2, 0.25) is 5.91 Å². The number of piperidine rings is 1. The van der Waals surface area contributed by atoms with Gasteiger partial charge in [-0.3, -0.25) is 4.79 Å². The fourth-order valence-electron chi connectivity index (χ4n) is 2.59. The number of amides is 1. The van der Waals surface area contributed by atoms with Gasteiger partial charge >= 0.3 is 0 Å². The maximum absolute atomic E-state index is 11.7. The third-order valence-corrected chi connectivity index (χ3v) is 3.92. The molecule has 0 spiro atoms. The molecule has 1 heterocycles. The molecule has 0 unspecified atom stereocenters. The summed E-state index contributed by atoms with van der Waals surface area (Å²) in [5, 5.41) is 6.51. The standard InChI is InChI=1S/C17H35N3O2/c1-14(2)19-15-6-9-20(10-7-15)11-13-22-12-8-18-16(21)17(3,4)5/h14-15,19H,6-13H2,1-5H3,(H,18,21). The summed E-state index contributed by atoms with van der Waals surface area (Å²) in [6, 6.07) is 1.24. The van der Waals surface area contributed by atoms with E-state index in [9.17, 15) is 4.79 Å². The highest BCUT2D eigenvalue weighted by molar-refractivity contribution is 5.81. The molecule has 0 aromatic rings. The minimum Gasteiger partial charge on any atom is -0.378 e. The molecule has 1 amide bonds. The van der Waals surface area contributed by atoms with Crippen molar-refractivity contribution in [2.24, 2.45) is 5.41 Å². The van der Waals surface area contributed by atoms with E-state index in [1.807, 2.05) is 20.8 Å². The van der Waals surface area contributed by atoms with Gasteiger partial charge in [0.15, 0.2) is 0 Å². The number of carbonyl (C=O) groups is 1. The zero-order valence-corrected chi connectivity index (χ0v) is 15.1. The van der Waals surface area contributed by atoms with Gasteiger partial charge in [-0.15, -0.1) is 0 Å². The fraction of sp³-hybridized carbons (Fsp3) is 0.941. The smallest absolute Gasteiger partial charge is 0.225 e. The summed E-state index contributed by atoms with van der Waals surface area (Å²) in [5.41, 5.74) is -0.325. The van der Waals surface area contributed by atoms with Crippen molar-refractivity contribution in [1.29, 1.82) is 0 Å². The lowest BCUT2D eigenvalue weighted by Crippen LogP contribution is -2.45. The molecule has 0 atom stereocenters. The predicted molar refractivity (Wildman–Crippen MR) is 91.0 cm³/mol. The van der Waals surface area contributed by atoms with Crippen LogP contribution in [0.15, 0.2) is 0 Å². The highest BCUT2D eigenvalue weighted by Crippen LogP contribution is 2.12. The molecule has 1 fully saturated rings. The van der Waals surface area contributed by atoms with Crippen molar-refractivity contribution in [3.8, 4) is 0 Å². The van der Waals surface area contributed by atoms with E-state index in [0.717, 1.165) is 26.2 Å². The first-order valence-corrected chi connectivity index (χ1v) is 8.63. The number of nitrogens with one attached hydrogen (secondary N) is 2. The monoisotopic (exact) mass is 313 g/mol. The summed E-state index contributed by atoms with van der Waals surface area (Å²) in [6.07, 6.45) is 2.44. The van der Waals surface area contributed by atoms with Crippen LogP contribution in [0.5, 0.6) is 0 Å². The van der Waals surface area contributed by atoms with Crippen LogP contribution in [-0.4, -0.2) is 62.3 Å². The van der Waals surface area contributed by atoms with E-state index < -0.39 is 0 Å². The summed E-state index contributed by atoms with van der Waals surface area (Å²) < 4.78 is 5.62. The number of ether oxygens (including phenoxy) is 1. The number of likely N-dealkylation sites (tertiary alicyclic amines) is 1. The zero-order valence-electron chi connectivity index (χ0n) is 15.1. The van der Waals surface area contributed by atoms with E-state index in [2.05, 4.69) is 29.4 Å². The third-order valence-electron chi connectivity index (χ3n) is 3.92. The molecule has 5 heteroatoms. The van der Waals surface area contributed by atoms with E-state index in [1.165, 1.54) is 12.8 Å². The molecule has 0 radical (unpaired) electrons. The highest BCUT2D eigenvalue weighted by atomic mass is 16.5. The van der Waals surface area contributed by atoms with Crippen molar-refractivity contribution in [3.63, 3.8) is 0 Å². The molecule has 0 saturated carbocycles. The lowest BCUT2D eigenvalue weighted by Gasteiger charge is -2.33. The van der Waals surface area contributed by atoms with Crippen LogP contribution >= 0.6 is 0 Å². The lowest BCUT2D eigenvalue weighted by atomic mass is 9.96. The minimum atomic E-state index is -0.325. The Morgan fingerprint density at radius 1 is 1.23 bits per heavy atom. The van der Waals surface area contributed by atoms with Crippen LogP contribution in [0.25, 0.3) is 0 Å². The van der Waals surface area contributed by atoms with Crippen LogP contribution in [0, 0.1) is 5.41 Å². The average Bonchev–Trinajstić information content (AvgIpc) is 2.42. The number of rotatable bonds is 8. The summed E-state index contributed by atoms with van der Waals surface area (Å²) in [7, 11) is 0. The topological polar surface area (TPSA) is 53.6 Å². The Kier molecular flexibility index (Phi) is 8.36. The first-order chi connectivity index (χ1) is 10.3. The highest BCUT2D eigenvalue weighted by Gasteiger charge is 2.20. The molecule has 1 aliphatic heterocycles. The number of hydrogen-bond donors (Lipinski definition) is 2. The van der Waals surface area contributed by atoms with E-state index in [4.69, 9.17) is 4.74 Å². The Bertz CT molecular complexity index is 318. The Labute approximate surface area is 136 Å². The molecular weight excluding hydrogens is 278 g/mol. The molecule has 0 aromatic heterocycles. The van der Waals surface area contributed by atoms with Crippen molar-refractivity contribution in [2.45, 2.75) is 59.5 Å². The number of nitrogens with zero attached hydrogens (tertiary/aromatic N) is 1. The number of carbonyl (C=O) groups excluding carboxylic acids is 1. The van der Waals surface area contributed by atoms with Crippen LogP contribution < -0.4 is 10.6 Å². The quantitative estimate of drug-likeness (QED) is 0.669. The molecule has 22 heavy (non-hydrogen) atoms. The van der Waals surface area contributed by atoms with Gasteiger partial charge in [-0.25, -0.2) is 0 Å². The Morgan fingerprint density at radius 2 is 1.86 bits per heavy atom. The van der Waals surface area contributed by atoms with E-state index in [1.54, 1.807) is 0 Å². The van der Waals surface area contributed by atoms with E-state index in [-0.39, 0.29) is 11.3 Å². The van der Waals surface area contributed by atoms with Crippen molar-refractivity contribution in [2.75, 3.05) is 39.4 Å². The summed E-state index contributed by atoms with van der Waals surface area (Å²) in [4.78, 5) is 14.1. The summed E-state index contributed by atoms with van der Waals surface area (Å²) >= 11 is 0. The molecule has 0 aliphatic carbocycles. The van der Waals surface area contributed by atoms with Crippen molar-refractivity contribution in [1.82, 2.24) is 15.5 Å². The normalized spacial score (nSPS) is 17.9. The second-order valence-corrected chi connectivity index (χ2v) is 7.56. The van der Waals surface area contributed by atoms with Gasteiger partial charge in [0.05, 0.1) is 13.2 Å². The summed E-state index contributed by atoms with van der Waals surface area (Å²) in [5.74, 6) is 0.0795. The zero-order chi connectivity index (χ0) is 16.6. The second-order valence-electron chi connectivity index (χ2n) is 7.56. The molecule has 130 valence electrons. The molecule has 2 N–H and O–H groups in total. The molecule has 5 nitrogen and oxygen atoms in total. The first-order valence-electron chi connectivity index (χ1n) is 8.63. The maximum Gasteiger partial charge on any atom is 0.225 e. The Morgan fingerprint density at radius 3 is 2.41 bits per heavy atom. The predicted octanol–water partition coefficient (Wildman–Crippen LogP) is 1.63. The van der Waals surface area contributed by atoms with Crippen molar-refractivity contribution in [3.05, 3.63) is 0 Å². The molecule has 1 aliphatic rings. The van der Waals surface area contributed by atoms with Crippen LogP contribution in [0.3, 0.4) is 0 Å². The largest absolute Gasteiger partial charge is 0.378 e. The van der Waals surface area contributed by atoms with Gasteiger partial charge in [-0.2, -0.15) is 0 Å². The van der Waals surface area contributed by atoms with Crippen LogP contribution in [0.4, 0.5) is 0 Å². The van der Waals surface area contributed by atoms with Gasteiger partial charge in [-0.05, 0) is 25.9 Å². The number of hydrogen-bond acceptors (Lipinski definition) is 4. The maximum atomic E-state index is 11.7. The molecular formula is C17H35N3O2. The second kappa shape index (κ2) is 9.48. The first kappa shape index (κ1) is 19.4. The van der Waals surface area contributed by atoms with Crippen LogP contribution in [0.1, 0.15) is 47.5 Å². The van der Waals surface area contributed by atoms with E-state index >= 15 is 0 Å². The van der Waals surface area contributed by atoms with Gasteiger partial charge < -0.3 is 20.3 Å². The fourth-order valence-corrected chi connectivity index (χ4v) is 2.59. The van der Waals surface area contributed by atoms with Crippen molar-refractivity contribution < 1.29 is 9.53 Å². The lowest BCUT2D eigenvalue weighted by molar-refractivity contribution is -0.128. The third kappa shape index (κ3) is 8.11. The van der Waals surface area contributed by atoms with Gasteiger partial charge in [0.25, 0.3) is 0 Å². The molecule has 0 bridgehead atoms. The average molecular weight is 313 g/mol. The van der Waals surface area contributed by atoms with Gasteiger partial charge in [0.1, 0.15) is 0 Å². The molecule has 0 aromatic carbocycles. The van der Waals surface area contributed by atoms with Crippen LogP contribution in [0.2, 0.25) is 0 Å².